The maximum Gasteiger partial charge on any atom is 0.265 e. The number of nitriles is 1. The maximum atomic E-state index is 12.4. The summed E-state index contributed by atoms with van der Waals surface area (Å²) in [6.07, 6.45) is 1.76. The standard InChI is InChI=1S/C14H21N5OS/c1-14(2,3)12-11(21-18-17-12)13(20)16-10-4-7-19(8-5-10)9-6-15/h10H,4-5,7-9H2,1-3H3,(H,16,20). The molecule has 1 amide bonds. The molecule has 6 nitrogen and oxygen atoms in total. The average molecular weight is 307 g/mol. The van der Waals surface area contributed by atoms with Crippen molar-refractivity contribution in [2.45, 2.75) is 45.1 Å². The summed E-state index contributed by atoms with van der Waals surface area (Å²) < 4.78 is 3.93. The van der Waals surface area contributed by atoms with Gasteiger partial charge in [-0.15, -0.1) is 5.10 Å². The van der Waals surface area contributed by atoms with Crippen molar-refractivity contribution in [3.8, 4) is 6.07 Å². The summed E-state index contributed by atoms with van der Waals surface area (Å²) in [5.74, 6) is -0.0753. The van der Waals surface area contributed by atoms with Crippen molar-refractivity contribution < 1.29 is 4.79 Å². The van der Waals surface area contributed by atoms with Gasteiger partial charge in [-0.25, -0.2) is 0 Å². The fourth-order valence-electron chi connectivity index (χ4n) is 2.42. The SMILES string of the molecule is CC(C)(C)c1nnsc1C(=O)NC1CCN(CC#N)CC1. The second-order valence-corrected chi connectivity index (χ2v) is 7.14. The van der Waals surface area contributed by atoms with E-state index in [1.807, 2.05) is 20.8 Å². The van der Waals surface area contributed by atoms with Gasteiger partial charge in [-0.1, -0.05) is 25.3 Å². The van der Waals surface area contributed by atoms with Crippen LogP contribution >= 0.6 is 11.5 Å². The molecule has 0 aromatic carbocycles. The molecule has 0 aliphatic carbocycles. The second kappa shape index (κ2) is 6.50. The highest BCUT2D eigenvalue weighted by molar-refractivity contribution is 7.08. The Bertz CT molecular complexity index is 534. The first-order valence-corrected chi connectivity index (χ1v) is 7.92. The van der Waals surface area contributed by atoms with E-state index in [4.69, 9.17) is 5.26 Å². The first kappa shape index (κ1) is 15.9. The Hall–Kier alpha value is -1.52. The first-order valence-electron chi connectivity index (χ1n) is 7.15. The van der Waals surface area contributed by atoms with Crippen LogP contribution in [-0.2, 0) is 5.41 Å². The summed E-state index contributed by atoms with van der Waals surface area (Å²) in [6.45, 7) is 8.26. The highest BCUT2D eigenvalue weighted by Gasteiger charge is 2.28. The molecular weight excluding hydrogens is 286 g/mol. The van der Waals surface area contributed by atoms with Gasteiger partial charge in [-0.2, -0.15) is 5.26 Å². The van der Waals surface area contributed by atoms with Gasteiger partial charge in [0.25, 0.3) is 5.91 Å². The van der Waals surface area contributed by atoms with Crippen LogP contribution in [0, 0.1) is 11.3 Å². The largest absolute Gasteiger partial charge is 0.348 e. The monoisotopic (exact) mass is 307 g/mol. The predicted molar refractivity (Wildman–Crippen MR) is 81.2 cm³/mol. The Labute approximate surface area is 129 Å². The number of hydrogen-bond donors (Lipinski definition) is 1. The van der Waals surface area contributed by atoms with Crippen LogP contribution in [0.25, 0.3) is 0 Å². The molecule has 0 radical (unpaired) electrons. The topological polar surface area (TPSA) is 81.9 Å². The number of piperidine rings is 1. The number of carbonyl (C=O) groups excluding carboxylic acids is 1. The summed E-state index contributed by atoms with van der Waals surface area (Å²) in [6, 6.07) is 2.33. The van der Waals surface area contributed by atoms with Crippen molar-refractivity contribution >= 4 is 17.4 Å². The highest BCUT2D eigenvalue weighted by Crippen LogP contribution is 2.26. The number of aromatic nitrogens is 2. The molecule has 1 saturated heterocycles. The molecule has 1 fully saturated rings. The molecule has 0 unspecified atom stereocenters. The van der Waals surface area contributed by atoms with Crippen LogP contribution in [-0.4, -0.2) is 46.1 Å². The van der Waals surface area contributed by atoms with Gasteiger partial charge in [0.15, 0.2) is 0 Å². The van der Waals surface area contributed by atoms with E-state index in [1.54, 1.807) is 0 Å². The van der Waals surface area contributed by atoms with Crippen molar-refractivity contribution in [1.29, 1.82) is 5.26 Å². The molecule has 2 heterocycles. The van der Waals surface area contributed by atoms with Gasteiger partial charge in [0.05, 0.1) is 18.3 Å². The Balaban J connectivity index is 1.95. The second-order valence-electron chi connectivity index (χ2n) is 6.38. The van der Waals surface area contributed by atoms with E-state index >= 15 is 0 Å². The summed E-state index contributed by atoms with van der Waals surface area (Å²) in [4.78, 5) is 15.1. The smallest absolute Gasteiger partial charge is 0.265 e. The van der Waals surface area contributed by atoms with Gasteiger partial charge in [-0.05, 0) is 24.4 Å². The van der Waals surface area contributed by atoms with Crippen molar-refractivity contribution in [2.24, 2.45) is 0 Å². The molecule has 2 rings (SSSR count). The normalized spacial score (nSPS) is 17.4. The van der Waals surface area contributed by atoms with Crippen molar-refractivity contribution in [2.75, 3.05) is 19.6 Å². The van der Waals surface area contributed by atoms with E-state index in [-0.39, 0.29) is 17.4 Å². The fraction of sp³-hybridized carbons (Fsp3) is 0.714. The summed E-state index contributed by atoms with van der Waals surface area (Å²) >= 11 is 1.16. The number of rotatable bonds is 3. The average Bonchev–Trinajstić information content (AvgIpc) is 2.90. The molecule has 0 atom stereocenters. The molecule has 1 aliphatic heterocycles. The lowest BCUT2D eigenvalue weighted by atomic mass is 9.91. The molecule has 7 heteroatoms. The quantitative estimate of drug-likeness (QED) is 0.857. The van der Waals surface area contributed by atoms with Crippen LogP contribution < -0.4 is 5.32 Å². The van der Waals surface area contributed by atoms with Crippen molar-refractivity contribution in [3.63, 3.8) is 0 Å². The van der Waals surface area contributed by atoms with E-state index in [0.717, 1.165) is 43.2 Å². The molecule has 1 N–H and O–H groups in total. The summed E-state index contributed by atoms with van der Waals surface area (Å²) in [5.41, 5.74) is 0.572. The third-order valence-corrected chi connectivity index (χ3v) is 4.35. The first-order chi connectivity index (χ1) is 9.91. The van der Waals surface area contributed by atoms with Gasteiger partial charge in [0.2, 0.25) is 0 Å². The minimum Gasteiger partial charge on any atom is -0.348 e. The molecule has 1 aromatic heterocycles. The fourth-order valence-corrected chi connectivity index (χ4v) is 3.20. The van der Waals surface area contributed by atoms with E-state index in [0.29, 0.717) is 11.4 Å². The maximum absolute atomic E-state index is 12.4. The Morgan fingerprint density at radius 2 is 2.14 bits per heavy atom. The van der Waals surface area contributed by atoms with Crippen LogP contribution in [0.2, 0.25) is 0 Å². The van der Waals surface area contributed by atoms with Gasteiger partial charge >= 0.3 is 0 Å². The van der Waals surface area contributed by atoms with Gasteiger partial charge in [-0.3, -0.25) is 9.69 Å². The number of amides is 1. The zero-order chi connectivity index (χ0) is 15.5. The zero-order valence-electron chi connectivity index (χ0n) is 12.7. The molecule has 0 spiro atoms. The van der Waals surface area contributed by atoms with Gasteiger partial charge < -0.3 is 5.32 Å². The van der Waals surface area contributed by atoms with E-state index in [9.17, 15) is 4.79 Å². The molecule has 1 aliphatic rings. The van der Waals surface area contributed by atoms with Crippen LogP contribution in [0.15, 0.2) is 0 Å². The minimum atomic E-state index is -0.185. The highest BCUT2D eigenvalue weighted by atomic mass is 32.1. The van der Waals surface area contributed by atoms with E-state index in [1.165, 1.54) is 0 Å². The Morgan fingerprint density at radius 3 is 2.71 bits per heavy atom. The van der Waals surface area contributed by atoms with E-state index in [2.05, 4.69) is 25.9 Å². The zero-order valence-corrected chi connectivity index (χ0v) is 13.5. The lowest BCUT2D eigenvalue weighted by Crippen LogP contribution is -2.44. The lowest BCUT2D eigenvalue weighted by Gasteiger charge is -2.30. The predicted octanol–water partition coefficient (Wildman–Crippen LogP) is 1.55. The number of nitrogens with zero attached hydrogens (tertiary/aromatic N) is 4. The Kier molecular flexibility index (Phi) is 4.91. The van der Waals surface area contributed by atoms with Gasteiger partial charge in [0.1, 0.15) is 4.88 Å². The molecule has 21 heavy (non-hydrogen) atoms. The molecule has 0 bridgehead atoms. The molecule has 114 valence electrons. The van der Waals surface area contributed by atoms with Crippen LogP contribution in [0.5, 0.6) is 0 Å². The van der Waals surface area contributed by atoms with E-state index < -0.39 is 0 Å². The number of hydrogen-bond acceptors (Lipinski definition) is 6. The summed E-state index contributed by atoms with van der Waals surface area (Å²) in [7, 11) is 0. The Morgan fingerprint density at radius 1 is 1.48 bits per heavy atom. The number of nitrogens with one attached hydrogen (secondary N) is 1. The minimum absolute atomic E-state index is 0.0753. The third kappa shape index (κ3) is 3.99. The lowest BCUT2D eigenvalue weighted by molar-refractivity contribution is 0.0916. The summed E-state index contributed by atoms with van der Waals surface area (Å²) in [5, 5.41) is 15.9. The van der Waals surface area contributed by atoms with Crippen LogP contribution in [0.4, 0.5) is 0 Å². The van der Waals surface area contributed by atoms with Crippen LogP contribution in [0.3, 0.4) is 0 Å². The molecule has 1 aromatic rings. The van der Waals surface area contributed by atoms with Gasteiger partial charge in [0, 0.05) is 24.5 Å². The third-order valence-electron chi connectivity index (χ3n) is 3.62. The van der Waals surface area contributed by atoms with Crippen molar-refractivity contribution in [3.05, 3.63) is 10.6 Å². The van der Waals surface area contributed by atoms with Crippen molar-refractivity contribution in [1.82, 2.24) is 19.8 Å². The molecule has 0 saturated carbocycles. The number of likely N-dealkylation sites (tertiary alicyclic amines) is 1. The van der Waals surface area contributed by atoms with Crippen LogP contribution in [0.1, 0.15) is 49.0 Å². The molecular formula is C14H21N5OS. The number of carbonyl (C=O) groups is 1.